The highest BCUT2D eigenvalue weighted by Gasteiger charge is 2.54. The normalized spacial score (nSPS) is 30.9. The summed E-state index contributed by atoms with van der Waals surface area (Å²) >= 11 is 1.06. The Hall–Kier alpha value is -3.59. The predicted molar refractivity (Wildman–Crippen MR) is 326 cm³/mol. The average molecular weight is 1060 g/mol. The Morgan fingerprint density at radius 2 is 0.987 bits per heavy atom. The van der Waals surface area contributed by atoms with Gasteiger partial charge in [-0.1, -0.05) is 180 Å². The first-order valence-corrected chi connectivity index (χ1v) is 31.3. The van der Waals surface area contributed by atoms with E-state index >= 15 is 0 Å². The van der Waals surface area contributed by atoms with Crippen LogP contribution in [-0.4, -0.2) is 6.10 Å². The lowest BCUT2D eigenvalue weighted by molar-refractivity contribution is -0.00841. The Morgan fingerprint density at radius 1 is 0.519 bits per heavy atom. The van der Waals surface area contributed by atoms with Gasteiger partial charge >= 0.3 is 0 Å². The van der Waals surface area contributed by atoms with E-state index in [1.165, 1.54) is 60.8 Å². The minimum Gasteiger partial charge on any atom is -0.485 e. The van der Waals surface area contributed by atoms with Crippen molar-refractivity contribution in [3.05, 3.63) is 133 Å². The van der Waals surface area contributed by atoms with Crippen molar-refractivity contribution in [3.63, 3.8) is 0 Å². The number of hydrogen-bond donors (Lipinski definition) is 0. The molecular weight excluding hydrogens is 957 g/mol. The second-order valence-corrected chi connectivity index (χ2v) is 33.7. The van der Waals surface area contributed by atoms with Crippen molar-refractivity contribution in [2.24, 2.45) is 46.3 Å². The van der Waals surface area contributed by atoms with E-state index in [0.29, 0.717) is 10.8 Å². The van der Waals surface area contributed by atoms with Crippen molar-refractivity contribution in [3.8, 4) is 11.5 Å². The van der Waals surface area contributed by atoms with Gasteiger partial charge in [0.25, 0.3) is 12.3 Å². The Bertz CT molecular complexity index is 2750. The van der Waals surface area contributed by atoms with Crippen LogP contribution in [0.5, 0.6) is 11.5 Å². The molecule has 2 atom stereocenters. The monoisotopic (exact) mass is 1060 g/mol. The first-order valence-electron chi connectivity index (χ1n) is 30.7. The van der Waals surface area contributed by atoms with E-state index in [2.05, 4.69) is 205 Å². The summed E-state index contributed by atoms with van der Waals surface area (Å²) in [6.45, 7) is 45.5. The molecule has 9 aliphatic carbocycles. The maximum Gasteiger partial charge on any atom is 0.293 e. The van der Waals surface area contributed by atoms with E-state index in [4.69, 9.17) is 13.1 Å². The van der Waals surface area contributed by atoms with Crippen molar-refractivity contribution >= 4 is 12.3 Å². The number of fused-ring (bicyclic) bond motifs is 2. The summed E-state index contributed by atoms with van der Waals surface area (Å²) in [4.78, 5) is 0. The van der Waals surface area contributed by atoms with Gasteiger partial charge in [0.2, 0.25) is 0 Å². The quantitative estimate of drug-likeness (QED) is 0.192. The molecular formula is C73H102O3S. The molecule has 0 saturated heterocycles. The van der Waals surface area contributed by atoms with Crippen LogP contribution in [0.25, 0.3) is 0 Å². The fraction of sp³-hybridized carbons (Fsp3) is 0.658. The summed E-state index contributed by atoms with van der Waals surface area (Å²) in [6, 6.07) is 19.5. The van der Waals surface area contributed by atoms with E-state index in [0.717, 1.165) is 87.4 Å². The zero-order valence-corrected chi connectivity index (χ0v) is 52.8. The number of rotatable bonds is 4. The third kappa shape index (κ3) is 11.3. The van der Waals surface area contributed by atoms with Gasteiger partial charge < -0.3 is 13.1 Å². The standard InChI is InChI=1S/C46H66O3S.C27H36/c1-28-32-25-31(43(8,9)10)27-36(46(17,18)19)39(32)48-50-49-40-33(24-29(41(2,3)4)20-22-34(40)44(11,12)13)38(28)47-37-23-21-30(42(5,6)7)26-35(37)45(14,15)16;1-17-2-24(26-11-18-4-19(12-26)6-20(5-18)13-26)10-25(3-17)27-14-21-7-22(15-27)9-23(8-21)16-27/h21-28,38H,1-19H3;2-3,10,18-23H,4-9,11-16H2,1H3/t28?,38-;/m0./s1. The highest BCUT2D eigenvalue weighted by Crippen LogP contribution is 2.64. The largest absolute Gasteiger partial charge is 0.485 e. The average Bonchev–Trinajstić information content (AvgIpc) is 3.54. The summed E-state index contributed by atoms with van der Waals surface area (Å²) in [7, 11) is 0. The topological polar surface area (TPSA) is 27.7 Å². The van der Waals surface area contributed by atoms with E-state index < -0.39 is 6.10 Å². The van der Waals surface area contributed by atoms with Gasteiger partial charge in [-0.05, 0) is 214 Å². The Labute approximate surface area is 474 Å². The van der Waals surface area contributed by atoms with E-state index in [9.17, 15) is 0 Å². The molecule has 0 spiro atoms. The first kappa shape index (κ1) is 56.7. The fourth-order valence-electron chi connectivity index (χ4n) is 16.8. The van der Waals surface area contributed by atoms with Crippen LogP contribution >= 0.6 is 12.3 Å². The third-order valence-electron chi connectivity index (χ3n) is 20.4. The molecule has 3 aromatic carbocycles. The molecule has 1 aliphatic heterocycles. The Kier molecular flexibility index (Phi) is 14.4. The van der Waals surface area contributed by atoms with Gasteiger partial charge in [0.05, 0.1) is 0 Å². The van der Waals surface area contributed by atoms with Gasteiger partial charge in [0, 0.05) is 28.2 Å². The van der Waals surface area contributed by atoms with Crippen molar-refractivity contribution < 1.29 is 13.1 Å². The van der Waals surface area contributed by atoms with Crippen LogP contribution in [0.2, 0.25) is 0 Å². The van der Waals surface area contributed by atoms with Crippen LogP contribution < -0.4 is 8.92 Å². The van der Waals surface area contributed by atoms with E-state index in [1.807, 2.05) is 0 Å². The molecule has 1 unspecified atom stereocenters. The zero-order valence-electron chi connectivity index (χ0n) is 52.0. The van der Waals surface area contributed by atoms with Crippen LogP contribution in [-0.2, 0) is 36.7 Å². The molecule has 1 heterocycles. The van der Waals surface area contributed by atoms with Gasteiger partial charge in [0.15, 0.2) is 5.76 Å². The molecule has 13 rings (SSSR count). The molecule has 0 radical (unpaired) electrons. The van der Waals surface area contributed by atoms with E-state index in [-0.39, 0.29) is 38.4 Å². The summed E-state index contributed by atoms with van der Waals surface area (Å²) in [5.41, 5.74) is 18.5. The van der Waals surface area contributed by atoms with Crippen LogP contribution in [0.15, 0.2) is 88.9 Å². The molecule has 4 heteroatoms. The van der Waals surface area contributed by atoms with Crippen molar-refractivity contribution in [1.29, 1.82) is 0 Å². The Morgan fingerprint density at radius 3 is 1.42 bits per heavy atom. The van der Waals surface area contributed by atoms with Crippen molar-refractivity contribution in [2.45, 2.75) is 260 Å². The molecule has 8 fully saturated rings. The van der Waals surface area contributed by atoms with Crippen molar-refractivity contribution in [1.82, 2.24) is 0 Å². The SMILES string of the molecule is CC1c2cc(C(C)(C)C)cc(C(C)(C)C)c2OSOC2=C(C(C)(C)C)C=C=C(C(C)(C)C)C=C2[C@H]1Oc1ccc(C(C)(C)C)cc1C(C)(C)C.Cc1cc(C23CC4CC(CC(C4)C2)C3)cc(C23CC4CC(CC(C4)C2)C3)c1. The van der Waals surface area contributed by atoms with Gasteiger partial charge in [-0.2, -0.15) is 0 Å². The highest BCUT2D eigenvalue weighted by molar-refractivity contribution is 7.90. The molecule has 0 amide bonds. The third-order valence-corrected chi connectivity index (χ3v) is 20.8. The minimum absolute atomic E-state index is 0.0113. The number of hydrogen-bond acceptors (Lipinski definition) is 4. The smallest absolute Gasteiger partial charge is 0.293 e. The molecule has 77 heavy (non-hydrogen) atoms. The number of allylic oxidation sites excluding steroid dienone is 3. The lowest BCUT2D eigenvalue weighted by Crippen LogP contribution is -2.50. The van der Waals surface area contributed by atoms with Crippen molar-refractivity contribution in [2.75, 3.05) is 0 Å². The van der Waals surface area contributed by atoms with Gasteiger partial charge in [-0.3, -0.25) is 0 Å². The maximum absolute atomic E-state index is 7.54. The lowest BCUT2D eigenvalue weighted by atomic mass is 9.46. The second kappa shape index (κ2) is 19.6. The molecule has 3 aromatic rings. The molecule has 8 saturated carbocycles. The first-order chi connectivity index (χ1) is 35.6. The second-order valence-electron chi connectivity index (χ2n) is 33.2. The predicted octanol–water partition coefficient (Wildman–Crippen LogP) is 20.7. The molecule has 10 aliphatic rings. The summed E-state index contributed by atoms with van der Waals surface area (Å²) < 4.78 is 21.0. The molecule has 0 N–H and O–H groups in total. The number of aryl methyl sites for hydroxylation is 1. The van der Waals surface area contributed by atoms with Gasteiger partial charge in [0.1, 0.15) is 17.6 Å². The molecule has 8 bridgehead atoms. The summed E-state index contributed by atoms with van der Waals surface area (Å²) in [6.07, 6.45) is 22.5. The molecule has 0 aromatic heterocycles. The Balaban J connectivity index is 0.000000205. The molecule has 418 valence electrons. The minimum atomic E-state index is -0.404. The number of ether oxygens (including phenoxy) is 1. The maximum atomic E-state index is 7.54. The summed E-state index contributed by atoms with van der Waals surface area (Å²) in [5, 5.41) is 0. The van der Waals surface area contributed by atoms with Crippen LogP contribution in [0.1, 0.15) is 259 Å². The fourth-order valence-corrected chi connectivity index (χ4v) is 17.4. The summed E-state index contributed by atoms with van der Waals surface area (Å²) in [5.74, 6) is 8.78. The van der Waals surface area contributed by atoms with Gasteiger partial charge in [-0.15, -0.1) is 5.73 Å². The van der Waals surface area contributed by atoms with Crippen LogP contribution in [0.4, 0.5) is 0 Å². The molecule has 3 nitrogen and oxygen atoms in total. The highest BCUT2D eigenvalue weighted by atomic mass is 32.2. The number of benzene rings is 3. The van der Waals surface area contributed by atoms with Gasteiger partial charge in [-0.25, -0.2) is 0 Å². The lowest BCUT2D eigenvalue weighted by Gasteiger charge is -2.58. The zero-order chi connectivity index (χ0) is 55.8. The van der Waals surface area contributed by atoms with Crippen LogP contribution in [0, 0.1) is 53.3 Å². The van der Waals surface area contributed by atoms with E-state index in [1.54, 1.807) is 55.2 Å². The van der Waals surface area contributed by atoms with Crippen LogP contribution in [0.3, 0.4) is 0 Å².